The highest BCUT2D eigenvalue weighted by atomic mass is 127. The molecule has 1 aliphatic rings. The van der Waals surface area contributed by atoms with Crippen molar-refractivity contribution in [1.29, 1.82) is 0 Å². The molecule has 0 saturated carbocycles. The highest BCUT2D eigenvalue weighted by molar-refractivity contribution is 14.1. The van der Waals surface area contributed by atoms with Gasteiger partial charge in [-0.3, -0.25) is 0 Å². The van der Waals surface area contributed by atoms with Crippen LogP contribution < -0.4 is 9.47 Å². The van der Waals surface area contributed by atoms with Gasteiger partial charge in [0.1, 0.15) is 6.61 Å². The molecule has 7 heteroatoms. The van der Waals surface area contributed by atoms with Gasteiger partial charge < -0.3 is 14.2 Å². The molecule has 0 aliphatic carbocycles. The Morgan fingerprint density at radius 3 is 2.66 bits per heavy atom. The molecule has 1 aliphatic heterocycles. The summed E-state index contributed by atoms with van der Waals surface area (Å²) in [7, 11) is 0. The molecule has 0 amide bonds. The van der Waals surface area contributed by atoms with Crippen molar-refractivity contribution in [2.75, 3.05) is 6.61 Å². The number of halogens is 2. The first kappa shape index (κ1) is 22.5. The van der Waals surface area contributed by atoms with Crippen LogP contribution in [0.2, 0.25) is 0 Å². The summed E-state index contributed by atoms with van der Waals surface area (Å²) >= 11 is 5.74. The van der Waals surface area contributed by atoms with E-state index in [1.54, 1.807) is 6.08 Å². The zero-order valence-corrected chi connectivity index (χ0v) is 20.9. The van der Waals surface area contributed by atoms with Gasteiger partial charge in [-0.15, -0.1) is 0 Å². The van der Waals surface area contributed by atoms with Gasteiger partial charge in [-0.2, -0.15) is 0 Å². The van der Waals surface area contributed by atoms with E-state index in [4.69, 9.17) is 14.2 Å². The highest BCUT2D eigenvalue weighted by Crippen LogP contribution is 2.31. The predicted molar refractivity (Wildman–Crippen MR) is 136 cm³/mol. The van der Waals surface area contributed by atoms with Crippen LogP contribution in [0.5, 0.6) is 11.5 Å². The van der Waals surface area contributed by atoms with Crippen molar-refractivity contribution in [3.05, 3.63) is 97.2 Å². The molecule has 0 fully saturated rings. The molecular formula is C25H19BrINO4. The van der Waals surface area contributed by atoms with Gasteiger partial charge in [-0.05, 0) is 99.0 Å². The summed E-state index contributed by atoms with van der Waals surface area (Å²) in [6.45, 7) is 2.84. The number of nitrogens with zero attached hydrogens (tertiary/aromatic N) is 1. The molecule has 0 saturated heterocycles. The van der Waals surface area contributed by atoms with Crippen LogP contribution in [-0.4, -0.2) is 18.5 Å². The fourth-order valence-corrected chi connectivity index (χ4v) is 4.17. The lowest BCUT2D eigenvalue weighted by Crippen LogP contribution is -2.05. The third-order valence-corrected chi connectivity index (χ3v) is 5.94. The van der Waals surface area contributed by atoms with Crippen LogP contribution in [0.4, 0.5) is 0 Å². The monoisotopic (exact) mass is 603 g/mol. The third-order valence-electron chi connectivity index (χ3n) is 4.58. The molecule has 0 aromatic heterocycles. The molecule has 4 rings (SSSR count). The van der Waals surface area contributed by atoms with Crippen molar-refractivity contribution in [3.8, 4) is 11.5 Å². The minimum atomic E-state index is -0.493. The topological polar surface area (TPSA) is 57.1 Å². The maximum absolute atomic E-state index is 12.4. The molecule has 1 heterocycles. The Morgan fingerprint density at radius 1 is 1.03 bits per heavy atom. The van der Waals surface area contributed by atoms with Gasteiger partial charge >= 0.3 is 5.97 Å². The molecule has 3 aromatic rings. The quantitative estimate of drug-likeness (QED) is 0.179. The van der Waals surface area contributed by atoms with Crippen LogP contribution in [0.3, 0.4) is 0 Å². The number of cyclic esters (lactones) is 1. The van der Waals surface area contributed by atoms with Gasteiger partial charge in [0.05, 0.1) is 12.2 Å². The second kappa shape index (κ2) is 10.3. The molecule has 5 nitrogen and oxygen atoms in total. The highest BCUT2D eigenvalue weighted by Gasteiger charge is 2.25. The van der Waals surface area contributed by atoms with Crippen LogP contribution in [0.25, 0.3) is 6.08 Å². The van der Waals surface area contributed by atoms with Crippen molar-refractivity contribution in [3.63, 3.8) is 0 Å². The summed E-state index contributed by atoms with van der Waals surface area (Å²) in [5.41, 5.74) is 2.79. The minimum absolute atomic E-state index is 0.228. The van der Waals surface area contributed by atoms with Crippen molar-refractivity contribution in [2.45, 2.75) is 13.5 Å². The summed E-state index contributed by atoms with van der Waals surface area (Å²) in [6, 6.07) is 21.1. The zero-order chi connectivity index (χ0) is 22.5. The minimum Gasteiger partial charge on any atom is -0.490 e. The van der Waals surface area contributed by atoms with Crippen molar-refractivity contribution < 1.29 is 19.0 Å². The van der Waals surface area contributed by atoms with E-state index in [2.05, 4.69) is 49.6 Å². The van der Waals surface area contributed by atoms with Crippen LogP contribution in [0.1, 0.15) is 23.6 Å². The number of carbonyl (C=O) groups is 1. The number of rotatable bonds is 7. The zero-order valence-electron chi connectivity index (χ0n) is 17.2. The summed E-state index contributed by atoms with van der Waals surface area (Å²) in [6.07, 6.45) is 1.68. The number of esters is 1. The van der Waals surface area contributed by atoms with Crippen LogP contribution in [0.15, 0.2) is 81.9 Å². The fraction of sp³-hybridized carbons (Fsp3) is 0.120. The normalized spacial score (nSPS) is 14.3. The lowest BCUT2D eigenvalue weighted by molar-refractivity contribution is -0.129. The molecule has 0 spiro atoms. The van der Waals surface area contributed by atoms with E-state index in [9.17, 15) is 4.79 Å². The average molecular weight is 604 g/mol. The molecule has 162 valence electrons. The average Bonchev–Trinajstić information content (AvgIpc) is 3.13. The Balaban J connectivity index is 1.57. The largest absolute Gasteiger partial charge is 0.490 e. The van der Waals surface area contributed by atoms with Crippen molar-refractivity contribution >= 4 is 56.5 Å². The summed E-state index contributed by atoms with van der Waals surface area (Å²) in [4.78, 5) is 16.7. The molecular weight excluding hydrogens is 585 g/mol. The van der Waals surface area contributed by atoms with E-state index < -0.39 is 5.97 Å². The Labute approximate surface area is 208 Å². The van der Waals surface area contributed by atoms with Crippen molar-refractivity contribution in [1.82, 2.24) is 0 Å². The molecule has 0 N–H and O–H groups in total. The number of aliphatic imine (C=N–C) groups is 1. The molecule has 0 unspecified atom stereocenters. The third kappa shape index (κ3) is 5.39. The molecule has 3 aromatic carbocycles. The Morgan fingerprint density at radius 2 is 1.88 bits per heavy atom. The smallest absolute Gasteiger partial charge is 0.363 e. The van der Waals surface area contributed by atoms with Gasteiger partial charge in [0, 0.05) is 8.04 Å². The van der Waals surface area contributed by atoms with E-state index in [0.29, 0.717) is 24.7 Å². The van der Waals surface area contributed by atoms with Crippen LogP contribution >= 0.6 is 38.5 Å². The first-order valence-electron chi connectivity index (χ1n) is 9.95. The molecule has 32 heavy (non-hydrogen) atoms. The first-order chi connectivity index (χ1) is 15.5. The SMILES string of the molecule is CCOc1cc(/C=C2\N=C(c3ccccc3Br)OC2=O)ccc1OCc1cccc(I)c1. The van der Waals surface area contributed by atoms with Crippen molar-refractivity contribution in [2.24, 2.45) is 4.99 Å². The second-order valence-corrected chi connectivity index (χ2v) is 8.97. The van der Waals surface area contributed by atoms with E-state index in [1.807, 2.05) is 67.6 Å². The molecule has 0 atom stereocenters. The Hall–Kier alpha value is -2.65. The second-order valence-electron chi connectivity index (χ2n) is 6.87. The number of ether oxygens (including phenoxy) is 3. The first-order valence-corrected chi connectivity index (χ1v) is 11.8. The lowest BCUT2D eigenvalue weighted by Gasteiger charge is -2.13. The summed E-state index contributed by atoms with van der Waals surface area (Å²) in [5.74, 6) is 1.03. The number of hydrogen-bond donors (Lipinski definition) is 0. The Kier molecular flexibility index (Phi) is 7.26. The van der Waals surface area contributed by atoms with Gasteiger partial charge in [0.25, 0.3) is 0 Å². The lowest BCUT2D eigenvalue weighted by atomic mass is 10.1. The van der Waals surface area contributed by atoms with E-state index >= 15 is 0 Å². The van der Waals surface area contributed by atoms with Crippen LogP contribution in [0, 0.1) is 3.57 Å². The summed E-state index contributed by atoms with van der Waals surface area (Å²) < 4.78 is 19.1. The maximum atomic E-state index is 12.4. The van der Waals surface area contributed by atoms with Gasteiger partial charge in [-0.25, -0.2) is 9.79 Å². The van der Waals surface area contributed by atoms with E-state index in [0.717, 1.165) is 24.7 Å². The predicted octanol–water partition coefficient (Wildman–Crippen LogP) is 6.38. The number of carbonyl (C=O) groups excluding carboxylic acids is 1. The van der Waals surface area contributed by atoms with Gasteiger partial charge in [0.15, 0.2) is 17.2 Å². The van der Waals surface area contributed by atoms with E-state index in [-0.39, 0.29) is 11.6 Å². The fourth-order valence-electron chi connectivity index (χ4n) is 3.11. The molecule has 0 bridgehead atoms. The van der Waals surface area contributed by atoms with E-state index in [1.165, 1.54) is 0 Å². The van der Waals surface area contributed by atoms with Gasteiger partial charge in [0.2, 0.25) is 5.90 Å². The number of hydrogen-bond acceptors (Lipinski definition) is 5. The maximum Gasteiger partial charge on any atom is 0.363 e. The standard InChI is InChI=1S/C25H19BrINO4/c1-2-30-23-14-16(10-11-22(23)31-15-17-6-5-7-18(27)12-17)13-21-25(29)32-24(28-21)19-8-3-4-9-20(19)26/h3-14H,2,15H2,1H3/b21-13-. The van der Waals surface area contributed by atoms with Gasteiger partial charge in [-0.1, -0.05) is 30.3 Å². The Bertz CT molecular complexity index is 1220. The molecule has 0 radical (unpaired) electrons. The number of benzene rings is 3. The summed E-state index contributed by atoms with van der Waals surface area (Å²) in [5, 5.41) is 0. The van der Waals surface area contributed by atoms with Crippen LogP contribution in [-0.2, 0) is 16.1 Å².